The second kappa shape index (κ2) is 15.8. The van der Waals surface area contributed by atoms with Crippen molar-refractivity contribution in [2.45, 2.75) is 65.0 Å². The Kier molecular flexibility index (Phi) is 12.1. The van der Waals surface area contributed by atoms with Gasteiger partial charge in [0.25, 0.3) is 0 Å². The molecule has 0 bridgehead atoms. The summed E-state index contributed by atoms with van der Waals surface area (Å²) < 4.78 is 38.5. The van der Waals surface area contributed by atoms with E-state index in [1.165, 1.54) is 39.5 Å². The van der Waals surface area contributed by atoms with Gasteiger partial charge < -0.3 is 9.29 Å². The third kappa shape index (κ3) is 9.59. The lowest BCUT2D eigenvalue weighted by Crippen LogP contribution is -2.13. The first kappa shape index (κ1) is 33.1. The van der Waals surface area contributed by atoms with Gasteiger partial charge in [0.2, 0.25) is 0 Å². The number of esters is 1. The summed E-state index contributed by atoms with van der Waals surface area (Å²) in [5.41, 5.74) is 1.13. The topological polar surface area (TPSA) is 83.5 Å². The van der Waals surface area contributed by atoms with Gasteiger partial charge in [-0.2, -0.15) is 0 Å². The average molecular weight is 658 g/mol. The molecule has 0 heterocycles. The summed E-state index contributed by atoms with van der Waals surface area (Å²) in [6, 6.07) is 32.3. The Morgan fingerprint density at radius 1 is 0.814 bits per heavy atom. The van der Waals surface area contributed by atoms with Crippen LogP contribution in [0.1, 0.15) is 54.4 Å². The zero-order chi connectivity index (χ0) is 30.8. The van der Waals surface area contributed by atoms with Crippen LogP contribution in [0.3, 0.4) is 0 Å². The van der Waals surface area contributed by atoms with E-state index in [1.807, 2.05) is 0 Å². The molecule has 0 atom stereocenters. The van der Waals surface area contributed by atoms with Crippen LogP contribution in [0.2, 0.25) is 10.0 Å². The van der Waals surface area contributed by atoms with E-state index in [1.54, 1.807) is 0 Å². The molecule has 0 unspecified atom stereocenters. The number of hydrogen-bond acceptors (Lipinski definition) is 5. The normalized spacial score (nSPS) is 13.7. The molecule has 0 amide bonds. The predicted molar refractivity (Wildman–Crippen MR) is 172 cm³/mol. The Morgan fingerprint density at radius 2 is 1.35 bits per heavy atom. The highest BCUT2D eigenvalue weighted by Crippen LogP contribution is 2.32. The lowest BCUT2D eigenvalue weighted by molar-refractivity contribution is 0.0474. The second-order valence-electron chi connectivity index (χ2n) is 10.4. The van der Waals surface area contributed by atoms with Crippen molar-refractivity contribution >= 4 is 50.2 Å². The average Bonchev–Trinajstić information content (AvgIpc) is 3.00. The maximum Gasteiger partial charge on any atom is 0.339 e. The third-order valence-corrected chi connectivity index (χ3v) is 11.1. The van der Waals surface area contributed by atoms with Crippen molar-refractivity contribution in [2.24, 2.45) is 5.92 Å². The highest BCUT2D eigenvalue weighted by molar-refractivity contribution is 7.97. The van der Waals surface area contributed by atoms with Crippen molar-refractivity contribution in [1.82, 2.24) is 0 Å². The van der Waals surface area contributed by atoms with E-state index in [0.717, 1.165) is 31.4 Å². The molecule has 0 aromatic heterocycles. The van der Waals surface area contributed by atoms with Gasteiger partial charge in [-0.05, 0) is 67.8 Å². The van der Waals surface area contributed by atoms with Gasteiger partial charge in [-0.1, -0.05) is 109 Å². The molecule has 0 aliphatic heterocycles. The maximum atomic E-state index is 12.1. The molecule has 43 heavy (non-hydrogen) atoms. The van der Waals surface area contributed by atoms with Crippen molar-refractivity contribution in [2.75, 3.05) is 6.61 Å². The summed E-state index contributed by atoms with van der Waals surface area (Å²) >= 11 is 11.6. The summed E-state index contributed by atoms with van der Waals surface area (Å²) in [5.74, 6) is -0.206. The first-order valence-electron chi connectivity index (χ1n) is 14.2. The SMILES string of the molecule is Cc1ccc([S+](c2ccccc2)c2ccccc2)cc1.O=C(OCCC1CCCCC1)c1cc(S(=O)(=O)[O-])c(Cl)cc1Cl. The Balaban J connectivity index is 0.000000198. The number of ether oxygens (including phenoxy) is 1. The molecule has 5 rings (SSSR count). The van der Waals surface area contributed by atoms with Gasteiger partial charge >= 0.3 is 5.97 Å². The molecule has 9 heteroatoms. The molecule has 5 nitrogen and oxygen atoms in total. The van der Waals surface area contributed by atoms with E-state index in [4.69, 9.17) is 27.9 Å². The highest BCUT2D eigenvalue weighted by atomic mass is 35.5. The fraction of sp³-hybridized carbons (Fsp3) is 0.265. The van der Waals surface area contributed by atoms with Crippen molar-refractivity contribution in [3.8, 4) is 0 Å². The molecule has 226 valence electrons. The van der Waals surface area contributed by atoms with Crippen LogP contribution in [0.25, 0.3) is 0 Å². The van der Waals surface area contributed by atoms with Crippen LogP contribution >= 0.6 is 23.2 Å². The van der Waals surface area contributed by atoms with Crippen LogP contribution in [0.4, 0.5) is 0 Å². The molecule has 0 N–H and O–H groups in total. The number of carbonyl (C=O) groups is 1. The molecule has 1 saturated carbocycles. The minimum absolute atomic E-state index is 0.0229. The Morgan fingerprint density at radius 3 is 1.88 bits per heavy atom. The van der Waals surface area contributed by atoms with Gasteiger partial charge in [-0.15, -0.1) is 0 Å². The van der Waals surface area contributed by atoms with Crippen molar-refractivity contribution < 1.29 is 22.5 Å². The van der Waals surface area contributed by atoms with Crippen molar-refractivity contribution in [3.63, 3.8) is 0 Å². The first-order chi connectivity index (χ1) is 20.6. The number of rotatable bonds is 8. The second-order valence-corrected chi connectivity index (χ2v) is 14.6. The van der Waals surface area contributed by atoms with Crippen molar-refractivity contribution in [3.05, 3.63) is 118 Å². The van der Waals surface area contributed by atoms with E-state index in [-0.39, 0.29) is 33.1 Å². The van der Waals surface area contributed by atoms with Crippen LogP contribution in [0.15, 0.2) is 117 Å². The fourth-order valence-corrected chi connectivity index (χ4v) is 8.33. The minimum Gasteiger partial charge on any atom is -0.744 e. The summed E-state index contributed by atoms with van der Waals surface area (Å²) in [6.07, 6.45) is 6.70. The first-order valence-corrected chi connectivity index (χ1v) is 17.6. The standard InChI is InChI=1S/C19H17S.C15H18Cl2O5S/c1-16-12-14-19(15-13-16)20(17-8-4-2-5-9-17)18-10-6-3-7-11-18;16-12-9-13(17)14(23(19,20)21)8-11(12)15(18)22-7-6-10-4-2-1-3-5-10/h2-15H,1H3;8-10H,1-7H2,(H,19,20,21)/q+1;/p-1. The molecule has 0 spiro atoms. The maximum absolute atomic E-state index is 12.1. The van der Waals surface area contributed by atoms with E-state index in [2.05, 4.69) is 91.9 Å². The summed E-state index contributed by atoms with van der Waals surface area (Å²) in [4.78, 5) is 15.5. The van der Waals surface area contributed by atoms with Crippen LogP contribution in [0, 0.1) is 12.8 Å². The number of carbonyl (C=O) groups excluding carboxylic acids is 1. The van der Waals surface area contributed by atoms with Gasteiger partial charge in [-0.3, -0.25) is 0 Å². The Bertz CT molecular complexity index is 1550. The van der Waals surface area contributed by atoms with Crippen LogP contribution < -0.4 is 0 Å². The zero-order valence-electron chi connectivity index (χ0n) is 23.9. The lowest BCUT2D eigenvalue weighted by atomic mass is 9.87. The van der Waals surface area contributed by atoms with Crippen LogP contribution in [-0.2, 0) is 25.7 Å². The molecule has 1 aliphatic carbocycles. The molecule has 4 aromatic carbocycles. The summed E-state index contributed by atoms with van der Waals surface area (Å²) in [7, 11) is -4.82. The predicted octanol–water partition coefficient (Wildman–Crippen LogP) is 9.12. The highest BCUT2D eigenvalue weighted by Gasteiger charge is 2.27. The largest absolute Gasteiger partial charge is 0.744 e. The molecule has 1 fully saturated rings. The number of halogens is 2. The summed E-state index contributed by atoms with van der Waals surface area (Å²) in [6.45, 7) is 2.37. The molecule has 4 aromatic rings. The number of aryl methyl sites for hydroxylation is 1. The molecule has 0 radical (unpaired) electrons. The molecular formula is C34H34Cl2O5S2. The minimum atomic E-state index is -4.79. The lowest BCUT2D eigenvalue weighted by Gasteiger charge is -2.21. The van der Waals surface area contributed by atoms with Gasteiger partial charge in [-0.25, -0.2) is 13.2 Å². The molecule has 1 aliphatic rings. The van der Waals surface area contributed by atoms with Gasteiger partial charge in [0.15, 0.2) is 14.7 Å². The van der Waals surface area contributed by atoms with Gasteiger partial charge in [0, 0.05) is 0 Å². The van der Waals surface area contributed by atoms with Gasteiger partial charge in [0.05, 0.1) is 38.0 Å². The fourth-order valence-electron chi connectivity index (χ4n) is 4.94. The Labute approximate surface area is 267 Å². The number of hydrogen-bond donors (Lipinski definition) is 0. The van der Waals surface area contributed by atoms with E-state index in [0.29, 0.717) is 5.92 Å². The van der Waals surface area contributed by atoms with E-state index >= 15 is 0 Å². The van der Waals surface area contributed by atoms with Gasteiger partial charge in [0.1, 0.15) is 10.1 Å². The van der Waals surface area contributed by atoms with Crippen LogP contribution in [0.5, 0.6) is 0 Å². The Hall–Kier alpha value is -2.81. The molecule has 0 saturated heterocycles. The van der Waals surface area contributed by atoms with E-state index < -0.39 is 21.0 Å². The quantitative estimate of drug-likeness (QED) is 0.107. The summed E-state index contributed by atoms with van der Waals surface area (Å²) in [5, 5.41) is -0.367. The van der Waals surface area contributed by atoms with Crippen LogP contribution in [-0.4, -0.2) is 25.5 Å². The smallest absolute Gasteiger partial charge is 0.339 e. The third-order valence-electron chi connectivity index (χ3n) is 7.21. The number of benzene rings is 4. The molecular weight excluding hydrogens is 623 g/mol. The van der Waals surface area contributed by atoms with E-state index in [9.17, 15) is 17.8 Å². The zero-order valence-corrected chi connectivity index (χ0v) is 27.0. The monoisotopic (exact) mass is 656 g/mol. The van der Waals surface area contributed by atoms with Crippen molar-refractivity contribution in [1.29, 1.82) is 0 Å².